The molecule has 9 heteroatoms. The summed E-state index contributed by atoms with van der Waals surface area (Å²) in [6.45, 7) is 2.37. The highest BCUT2D eigenvalue weighted by atomic mass is 16.6. The highest BCUT2D eigenvalue weighted by molar-refractivity contribution is 5.92. The molecular weight excluding hydrogens is 364 g/mol. The Morgan fingerprint density at radius 2 is 1.64 bits per heavy atom. The van der Waals surface area contributed by atoms with Crippen LogP contribution in [-0.2, 0) is 4.74 Å². The van der Waals surface area contributed by atoms with Crippen LogP contribution in [0, 0.1) is 31.6 Å². The number of nitrogens with zero attached hydrogens (tertiary/aromatic N) is 4. The normalized spacial score (nSPS) is 14.4. The number of nitro groups is 2. The summed E-state index contributed by atoms with van der Waals surface area (Å²) in [5.74, 6) is 0. The van der Waals surface area contributed by atoms with Crippen molar-refractivity contribution >= 4 is 28.7 Å². The Morgan fingerprint density at radius 3 is 2.21 bits per heavy atom. The average molecular weight is 380 g/mol. The van der Waals surface area contributed by atoms with Crippen molar-refractivity contribution in [1.82, 2.24) is 0 Å². The summed E-state index contributed by atoms with van der Waals surface area (Å²) in [5, 5.41) is 31.6. The standard InChI is InChI=1S/C19H16N4O5/c20-13-16(14-1-3-17(4-2-14)22(24)25)11-15-12-18(23(26)27)5-6-19(15)21-7-9-28-10-8-21/h1-6,11-12H,7-10H2/b16-11+. The second kappa shape index (κ2) is 8.28. The number of anilines is 1. The Hall–Kier alpha value is -3.77. The van der Waals surface area contributed by atoms with Crippen molar-refractivity contribution in [1.29, 1.82) is 5.26 Å². The van der Waals surface area contributed by atoms with Gasteiger partial charge in [0.15, 0.2) is 0 Å². The van der Waals surface area contributed by atoms with E-state index in [-0.39, 0.29) is 16.9 Å². The first-order chi connectivity index (χ1) is 13.5. The SMILES string of the molecule is N#C/C(=C\c1cc([N+](=O)[O-])ccc1N1CCOCC1)c1ccc([N+](=O)[O-])cc1. The van der Waals surface area contributed by atoms with Gasteiger partial charge in [-0.05, 0) is 29.8 Å². The van der Waals surface area contributed by atoms with Crippen LogP contribution in [0.15, 0.2) is 42.5 Å². The van der Waals surface area contributed by atoms with E-state index in [2.05, 4.69) is 6.07 Å². The second-order valence-corrected chi connectivity index (χ2v) is 6.07. The first-order valence-electron chi connectivity index (χ1n) is 8.47. The van der Waals surface area contributed by atoms with Crippen LogP contribution >= 0.6 is 0 Å². The number of nitriles is 1. The molecule has 3 rings (SSSR count). The fraction of sp³-hybridized carbons (Fsp3) is 0.211. The third-order valence-electron chi connectivity index (χ3n) is 4.38. The number of rotatable bonds is 5. The molecule has 0 N–H and O–H groups in total. The molecule has 9 nitrogen and oxygen atoms in total. The zero-order valence-electron chi connectivity index (χ0n) is 14.8. The van der Waals surface area contributed by atoms with Crippen molar-refractivity contribution in [3.63, 3.8) is 0 Å². The van der Waals surface area contributed by atoms with E-state index in [1.54, 1.807) is 12.1 Å². The minimum Gasteiger partial charge on any atom is -0.378 e. The molecule has 0 aromatic heterocycles. The van der Waals surface area contributed by atoms with E-state index in [1.165, 1.54) is 36.4 Å². The van der Waals surface area contributed by atoms with E-state index >= 15 is 0 Å². The Balaban J connectivity index is 2.05. The molecule has 1 aliphatic rings. The number of hydrogen-bond acceptors (Lipinski definition) is 7. The minimum atomic E-state index is -0.517. The zero-order chi connectivity index (χ0) is 20.1. The maximum Gasteiger partial charge on any atom is 0.270 e. The summed E-state index contributed by atoms with van der Waals surface area (Å²) in [5.41, 5.74) is 1.89. The zero-order valence-corrected chi connectivity index (χ0v) is 14.8. The van der Waals surface area contributed by atoms with Gasteiger partial charge in [-0.25, -0.2) is 0 Å². The first kappa shape index (κ1) is 19.0. The smallest absolute Gasteiger partial charge is 0.270 e. The summed E-state index contributed by atoms with van der Waals surface area (Å²) in [7, 11) is 0. The maximum atomic E-state index is 11.2. The summed E-state index contributed by atoms with van der Waals surface area (Å²) in [6.07, 6.45) is 1.57. The molecule has 2 aromatic rings. The molecular formula is C19H16N4O5. The van der Waals surface area contributed by atoms with Crippen LogP contribution < -0.4 is 4.90 Å². The molecule has 0 amide bonds. The van der Waals surface area contributed by atoms with Crippen LogP contribution in [0.25, 0.3) is 11.6 Å². The van der Waals surface area contributed by atoms with Crippen molar-refractivity contribution in [2.45, 2.75) is 0 Å². The molecule has 0 radical (unpaired) electrons. The Labute approximate surface area is 160 Å². The Morgan fingerprint density at radius 1 is 1.04 bits per heavy atom. The lowest BCUT2D eigenvalue weighted by Gasteiger charge is -2.30. The number of non-ortho nitro benzene ring substituents is 2. The predicted octanol–water partition coefficient (Wildman–Crippen LogP) is 3.40. The van der Waals surface area contributed by atoms with Crippen molar-refractivity contribution in [2.24, 2.45) is 0 Å². The van der Waals surface area contributed by atoms with E-state index < -0.39 is 9.85 Å². The molecule has 142 valence electrons. The molecule has 0 unspecified atom stereocenters. The van der Waals surface area contributed by atoms with Crippen LogP contribution in [-0.4, -0.2) is 36.1 Å². The van der Waals surface area contributed by atoms with Crippen LogP contribution in [0.3, 0.4) is 0 Å². The minimum absolute atomic E-state index is 0.0783. The van der Waals surface area contributed by atoms with Crippen molar-refractivity contribution in [3.8, 4) is 6.07 Å². The quantitative estimate of drug-likeness (QED) is 0.337. The van der Waals surface area contributed by atoms with Gasteiger partial charge in [-0.15, -0.1) is 0 Å². The first-order valence-corrected chi connectivity index (χ1v) is 8.47. The molecule has 1 saturated heterocycles. The summed E-state index contributed by atoms with van der Waals surface area (Å²) >= 11 is 0. The average Bonchev–Trinajstić information content (AvgIpc) is 2.72. The molecule has 1 heterocycles. The topological polar surface area (TPSA) is 123 Å². The van der Waals surface area contributed by atoms with Crippen LogP contribution in [0.5, 0.6) is 0 Å². The van der Waals surface area contributed by atoms with Gasteiger partial charge in [0.2, 0.25) is 0 Å². The second-order valence-electron chi connectivity index (χ2n) is 6.07. The molecule has 0 saturated carbocycles. The number of hydrogen-bond donors (Lipinski definition) is 0. The third kappa shape index (κ3) is 4.13. The van der Waals surface area contributed by atoms with E-state index in [0.717, 1.165) is 5.69 Å². The maximum absolute atomic E-state index is 11.2. The number of benzene rings is 2. The summed E-state index contributed by atoms with van der Waals surface area (Å²) in [6, 6.07) is 12.2. The molecule has 0 bridgehead atoms. The lowest BCUT2D eigenvalue weighted by molar-refractivity contribution is -0.385. The van der Waals surface area contributed by atoms with Crippen molar-refractivity contribution in [2.75, 3.05) is 31.2 Å². The number of morpholine rings is 1. The van der Waals surface area contributed by atoms with E-state index in [1.807, 2.05) is 4.90 Å². The lowest BCUT2D eigenvalue weighted by atomic mass is 10.0. The number of nitro benzene ring substituents is 2. The predicted molar refractivity (Wildman–Crippen MR) is 103 cm³/mol. The molecule has 0 aliphatic carbocycles. The van der Waals surface area contributed by atoms with Gasteiger partial charge in [-0.3, -0.25) is 20.2 Å². The molecule has 0 atom stereocenters. The lowest BCUT2D eigenvalue weighted by Crippen LogP contribution is -2.36. The van der Waals surface area contributed by atoms with Crippen molar-refractivity contribution in [3.05, 3.63) is 73.8 Å². The van der Waals surface area contributed by atoms with Gasteiger partial charge in [-0.1, -0.05) is 0 Å². The van der Waals surface area contributed by atoms with Crippen LogP contribution in [0.2, 0.25) is 0 Å². The van der Waals surface area contributed by atoms with Gasteiger partial charge in [0.25, 0.3) is 11.4 Å². The van der Waals surface area contributed by atoms with Gasteiger partial charge in [0, 0.05) is 48.6 Å². The van der Waals surface area contributed by atoms with Gasteiger partial charge >= 0.3 is 0 Å². The largest absolute Gasteiger partial charge is 0.378 e. The third-order valence-corrected chi connectivity index (χ3v) is 4.38. The van der Waals surface area contributed by atoms with E-state index in [0.29, 0.717) is 37.4 Å². The van der Waals surface area contributed by atoms with Crippen molar-refractivity contribution < 1.29 is 14.6 Å². The van der Waals surface area contributed by atoms with Gasteiger partial charge < -0.3 is 9.64 Å². The highest BCUT2D eigenvalue weighted by Gasteiger charge is 2.18. The molecule has 1 aliphatic heterocycles. The van der Waals surface area contributed by atoms with Crippen LogP contribution in [0.1, 0.15) is 11.1 Å². The number of allylic oxidation sites excluding steroid dienone is 1. The Bertz CT molecular complexity index is 973. The Kier molecular flexibility index (Phi) is 5.62. The highest BCUT2D eigenvalue weighted by Crippen LogP contribution is 2.30. The molecule has 28 heavy (non-hydrogen) atoms. The van der Waals surface area contributed by atoms with Gasteiger partial charge in [-0.2, -0.15) is 5.26 Å². The van der Waals surface area contributed by atoms with Gasteiger partial charge in [0.05, 0.1) is 34.7 Å². The number of ether oxygens (including phenoxy) is 1. The summed E-state index contributed by atoms with van der Waals surface area (Å²) < 4.78 is 5.35. The van der Waals surface area contributed by atoms with E-state index in [4.69, 9.17) is 4.74 Å². The fourth-order valence-electron chi connectivity index (χ4n) is 2.96. The molecule has 2 aromatic carbocycles. The fourth-order valence-corrected chi connectivity index (χ4v) is 2.96. The monoisotopic (exact) mass is 380 g/mol. The van der Waals surface area contributed by atoms with Crippen LogP contribution in [0.4, 0.5) is 17.1 Å². The van der Waals surface area contributed by atoms with E-state index in [9.17, 15) is 25.5 Å². The van der Waals surface area contributed by atoms with Gasteiger partial charge in [0.1, 0.15) is 0 Å². The molecule has 1 fully saturated rings. The molecule has 0 spiro atoms. The summed E-state index contributed by atoms with van der Waals surface area (Å²) in [4.78, 5) is 23.0.